The van der Waals surface area contributed by atoms with Gasteiger partial charge in [-0.2, -0.15) is 0 Å². The van der Waals surface area contributed by atoms with E-state index in [0.717, 1.165) is 5.57 Å². The summed E-state index contributed by atoms with van der Waals surface area (Å²) >= 11 is 1.69. The van der Waals surface area contributed by atoms with Crippen molar-refractivity contribution in [1.82, 2.24) is 4.90 Å². The highest BCUT2D eigenvalue weighted by Gasteiger charge is 2.43. The molecule has 2 aliphatic heterocycles. The first kappa shape index (κ1) is 10.8. The topological polar surface area (TPSA) is 75.8 Å². The lowest BCUT2D eigenvalue weighted by molar-refractivity contribution is -0.135. The number of nitrogens with zero attached hydrogens (tertiary/aromatic N) is 1. The second-order valence-electron chi connectivity index (χ2n) is 3.71. The number of fused-ring (bicyclic) bond motifs is 1. The lowest BCUT2D eigenvalue weighted by Crippen LogP contribution is -2.64. The normalized spacial score (nSPS) is 29.9. The minimum absolute atomic E-state index is 0.0912. The van der Waals surface area contributed by atoms with E-state index in [1.165, 1.54) is 0 Å². The largest absolute Gasteiger partial charge is 0.477 e. The summed E-state index contributed by atoms with van der Waals surface area (Å²) in [5.74, 6) is -0.177. The zero-order valence-corrected chi connectivity index (χ0v) is 9.29. The predicted octanol–water partition coefficient (Wildman–Crippen LogP) is -0.313. The van der Waals surface area contributed by atoms with Crippen LogP contribution < -0.4 is 5.73 Å². The van der Waals surface area contributed by atoms with Gasteiger partial charge in [0, 0.05) is 19.4 Å². The Morgan fingerprint density at radius 2 is 2.53 bits per heavy atom. The average Bonchev–Trinajstić information content (AvgIpc) is 2.16. The van der Waals surface area contributed by atoms with Crippen molar-refractivity contribution in [3.05, 3.63) is 11.3 Å². The van der Waals surface area contributed by atoms with Gasteiger partial charge in [0.2, 0.25) is 0 Å². The molecule has 0 amide bonds. The van der Waals surface area contributed by atoms with E-state index >= 15 is 0 Å². The summed E-state index contributed by atoms with van der Waals surface area (Å²) in [5.41, 5.74) is 7.04. The van der Waals surface area contributed by atoms with Crippen LogP contribution in [0.3, 0.4) is 0 Å². The van der Waals surface area contributed by atoms with Gasteiger partial charge in [0.1, 0.15) is 5.70 Å². The SMILES string of the molecule is COCC1=C(C(=O)O)N2CC(N)C2SC1. The Morgan fingerprint density at radius 1 is 1.80 bits per heavy atom. The van der Waals surface area contributed by atoms with E-state index in [-0.39, 0.29) is 11.4 Å². The summed E-state index contributed by atoms with van der Waals surface area (Å²) in [4.78, 5) is 13.0. The van der Waals surface area contributed by atoms with E-state index in [2.05, 4.69) is 0 Å². The highest BCUT2D eigenvalue weighted by atomic mass is 32.2. The molecule has 2 atom stereocenters. The van der Waals surface area contributed by atoms with Crippen LogP contribution in [0.25, 0.3) is 0 Å². The van der Waals surface area contributed by atoms with Gasteiger partial charge in [-0.1, -0.05) is 0 Å². The summed E-state index contributed by atoms with van der Waals surface area (Å²) in [6.07, 6.45) is 0. The molecule has 0 aromatic carbocycles. The number of carboxylic acid groups (broad SMARTS) is 1. The second kappa shape index (κ2) is 4.03. The molecule has 6 heteroatoms. The number of rotatable bonds is 3. The number of hydrogen-bond donors (Lipinski definition) is 2. The molecular formula is C9H14N2O3S. The molecule has 1 fully saturated rings. The molecule has 0 bridgehead atoms. The Kier molecular flexibility index (Phi) is 2.90. The van der Waals surface area contributed by atoms with E-state index in [1.807, 2.05) is 4.90 Å². The van der Waals surface area contributed by atoms with Gasteiger partial charge in [-0.05, 0) is 5.57 Å². The third kappa shape index (κ3) is 1.73. The molecule has 2 unspecified atom stereocenters. The van der Waals surface area contributed by atoms with Gasteiger partial charge >= 0.3 is 5.97 Å². The maximum absolute atomic E-state index is 11.1. The molecule has 0 saturated carbocycles. The van der Waals surface area contributed by atoms with E-state index in [0.29, 0.717) is 24.6 Å². The summed E-state index contributed by atoms with van der Waals surface area (Å²) in [6, 6.07) is 0.0912. The van der Waals surface area contributed by atoms with Gasteiger partial charge in [-0.25, -0.2) is 4.79 Å². The number of ether oxygens (including phenoxy) is 1. The Hall–Kier alpha value is -0.720. The highest BCUT2D eigenvalue weighted by Crippen LogP contribution is 2.38. The molecule has 0 spiro atoms. The smallest absolute Gasteiger partial charge is 0.352 e. The Morgan fingerprint density at radius 3 is 3.07 bits per heavy atom. The van der Waals surface area contributed by atoms with Gasteiger partial charge < -0.3 is 20.5 Å². The molecule has 1 saturated heterocycles. The molecular weight excluding hydrogens is 216 g/mol. The van der Waals surface area contributed by atoms with Crippen LogP contribution in [0.5, 0.6) is 0 Å². The average molecular weight is 230 g/mol. The minimum Gasteiger partial charge on any atom is -0.477 e. The van der Waals surface area contributed by atoms with E-state index in [9.17, 15) is 4.79 Å². The van der Waals surface area contributed by atoms with Crippen molar-refractivity contribution in [3.8, 4) is 0 Å². The Balaban J connectivity index is 2.24. The molecule has 2 rings (SSSR count). The Bertz CT molecular complexity index is 318. The molecule has 2 aliphatic rings. The zero-order valence-electron chi connectivity index (χ0n) is 8.47. The van der Waals surface area contributed by atoms with Crippen LogP contribution in [-0.2, 0) is 9.53 Å². The van der Waals surface area contributed by atoms with Crippen LogP contribution in [-0.4, -0.2) is 53.4 Å². The first-order valence-corrected chi connectivity index (χ1v) is 5.78. The first-order valence-electron chi connectivity index (χ1n) is 4.73. The highest BCUT2D eigenvalue weighted by molar-refractivity contribution is 8.00. The maximum Gasteiger partial charge on any atom is 0.352 e. The first-order chi connectivity index (χ1) is 7.15. The van der Waals surface area contributed by atoms with Crippen LogP contribution in [0.4, 0.5) is 0 Å². The zero-order chi connectivity index (χ0) is 11.0. The third-order valence-corrected chi connectivity index (χ3v) is 4.11. The van der Waals surface area contributed by atoms with Crippen molar-refractivity contribution in [2.75, 3.05) is 26.0 Å². The Labute approximate surface area is 92.2 Å². The summed E-state index contributed by atoms with van der Waals surface area (Å²) in [6.45, 7) is 1.01. The van der Waals surface area contributed by atoms with Crippen molar-refractivity contribution in [2.24, 2.45) is 5.73 Å². The van der Waals surface area contributed by atoms with Gasteiger partial charge in [0.05, 0.1) is 18.0 Å². The van der Waals surface area contributed by atoms with Crippen LogP contribution in [0, 0.1) is 0 Å². The van der Waals surface area contributed by atoms with Crippen LogP contribution in [0.2, 0.25) is 0 Å². The molecule has 2 heterocycles. The number of methoxy groups -OCH3 is 1. The second-order valence-corrected chi connectivity index (χ2v) is 4.81. The standard InChI is InChI=1S/C9H14N2O3S/c1-14-3-5-4-15-8-6(10)2-11(8)7(5)9(12)13/h6,8H,2-4,10H2,1H3,(H,12,13). The van der Waals surface area contributed by atoms with Gasteiger partial charge in [-0.3, -0.25) is 0 Å². The van der Waals surface area contributed by atoms with Crippen molar-refractivity contribution in [2.45, 2.75) is 11.4 Å². The van der Waals surface area contributed by atoms with Gasteiger partial charge in [0.15, 0.2) is 0 Å². The lowest BCUT2D eigenvalue weighted by Gasteiger charge is -2.50. The minimum atomic E-state index is -0.876. The number of hydrogen-bond acceptors (Lipinski definition) is 5. The summed E-state index contributed by atoms with van der Waals surface area (Å²) in [7, 11) is 1.57. The van der Waals surface area contributed by atoms with Crippen molar-refractivity contribution < 1.29 is 14.6 Å². The third-order valence-electron chi connectivity index (χ3n) is 2.65. The molecule has 3 N–H and O–H groups in total. The summed E-state index contributed by atoms with van der Waals surface area (Å²) in [5, 5.41) is 9.27. The molecule has 5 nitrogen and oxygen atoms in total. The van der Waals surface area contributed by atoms with Gasteiger partial charge in [-0.15, -0.1) is 11.8 Å². The number of carbonyl (C=O) groups is 1. The fraction of sp³-hybridized carbons (Fsp3) is 0.667. The van der Waals surface area contributed by atoms with Crippen LogP contribution >= 0.6 is 11.8 Å². The monoisotopic (exact) mass is 230 g/mol. The molecule has 0 radical (unpaired) electrons. The van der Waals surface area contributed by atoms with Crippen LogP contribution in [0.1, 0.15) is 0 Å². The number of carboxylic acids is 1. The number of thioether (sulfide) groups is 1. The molecule has 0 aliphatic carbocycles. The number of aliphatic carboxylic acids is 1. The molecule has 15 heavy (non-hydrogen) atoms. The van der Waals surface area contributed by atoms with Gasteiger partial charge in [0.25, 0.3) is 0 Å². The van der Waals surface area contributed by atoms with E-state index in [4.69, 9.17) is 15.6 Å². The van der Waals surface area contributed by atoms with Crippen molar-refractivity contribution >= 4 is 17.7 Å². The predicted molar refractivity (Wildman–Crippen MR) is 57.5 cm³/mol. The van der Waals surface area contributed by atoms with Crippen molar-refractivity contribution in [3.63, 3.8) is 0 Å². The molecule has 84 valence electrons. The lowest BCUT2D eigenvalue weighted by atomic mass is 10.1. The van der Waals surface area contributed by atoms with Crippen molar-refractivity contribution in [1.29, 1.82) is 0 Å². The number of nitrogens with two attached hydrogens (primary N) is 1. The quantitative estimate of drug-likeness (QED) is 0.692. The molecule has 0 aromatic heterocycles. The fourth-order valence-corrected chi connectivity index (χ4v) is 3.26. The fourth-order valence-electron chi connectivity index (χ4n) is 1.96. The van der Waals surface area contributed by atoms with E-state index in [1.54, 1.807) is 18.9 Å². The molecule has 0 aromatic rings. The van der Waals surface area contributed by atoms with E-state index < -0.39 is 5.97 Å². The van der Waals surface area contributed by atoms with Crippen LogP contribution in [0.15, 0.2) is 11.3 Å². The maximum atomic E-state index is 11.1. The summed E-state index contributed by atoms with van der Waals surface area (Å²) < 4.78 is 5.00.